The van der Waals surface area contributed by atoms with Crippen LogP contribution < -0.4 is 15.8 Å². The van der Waals surface area contributed by atoms with Crippen molar-refractivity contribution >= 4 is 28.7 Å². The zero-order valence-corrected chi connectivity index (χ0v) is 11.5. The number of ether oxygens (including phenoxy) is 1. The van der Waals surface area contributed by atoms with Crippen molar-refractivity contribution in [3.8, 4) is 5.75 Å². The molecule has 3 N–H and O–H groups in total. The fourth-order valence-corrected chi connectivity index (χ4v) is 1.74. The van der Waals surface area contributed by atoms with Crippen LogP contribution in [0.5, 0.6) is 5.75 Å². The predicted octanol–water partition coefficient (Wildman–Crippen LogP) is 1.03. The Hall–Kier alpha value is -2.70. The average molecular weight is 273 g/mol. The second-order valence-electron chi connectivity index (χ2n) is 4.17. The van der Waals surface area contributed by atoms with Gasteiger partial charge in [-0.25, -0.2) is 9.97 Å². The lowest BCUT2D eigenvalue weighted by atomic mass is 10.2. The van der Waals surface area contributed by atoms with Gasteiger partial charge in [-0.05, 0) is 25.1 Å². The van der Waals surface area contributed by atoms with Crippen LogP contribution in [-0.4, -0.2) is 28.9 Å². The molecule has 7 nitrogen and oxygen atoms in total. The molecule has 2 aromatic rings. The molecule has 7 heteroatoms. The number of nitrogens with zero attached hydrogens (tertiary/aromatic N) is 3. The Balaban J connectivity index is 2.45. The van der Waals surface area contributed by atoms with Crippen molar-refractivity contribution < 1.29 is 9.53 Å². The zero-order chi connectivity index (χ0) is 14.7. The molecule has 0 saturated heterocycles. The van der Waals surface area contributed by atoms with Gasteiger partial charge < -0.3 is 10.5 Å². The van der Waals surface area contributed by atoms with Gasteiger partial charge in [-0.2, -0.15) is 4.99 Å². The van der Waals surface area contributed by atoms with Crippen LogP contribution >= 0.6 is 0 Å². The lowest BCUT2D eigenvalue weighted by Gasteiger charge is -2.06. The number of guanidine groups is 1. The SMILES string of the molecule is COc1ccc2nc(/N=C(/N)NC(C)=O)nc(C)c2c1. The molecular formula is C13H15N5O2. The second kappa shape index (κ2) is 5.52. The molecule has 20 heavy (non-hydrogen) atoms. The van der Waals surface area contributed by atoms with Crippen molar-refractivity contribution in [2.45, 2.75) is 13.8 Å². The lowest BCUT2D eigenvalue weighted by molar-refractivity contribution is -0.117. The number of aryl methyl sites for hydroxylation is 1. The number of amides is 1. The first-order valence-electron chi connectivity index (χ1n) is 5.93. The molecule has 0 aliphatic heterocycles. The van der Waals surface area contributed by atoms with Crippen molar-refractivity contribution in [1.82, 2.24) is 15.3 Å². The highest BCUT2D eigenvalue weighted by Crippen LogP contribution is 2.23. The summed E-state index contributed by atoms with van der Waals surface area (Å²) in [4.78, 5) is 23.3. The molecule has 0 aliphatic carbocycles. The van der Waals surface area contributed by atoms with Gasteiger partial charge in [0.1, 0.15) is 5.75 Å². The maximum Gasteiger partial charge on any atom is 0.253 e. The van der Waals surface area contributed by atoms with E-state index in [0.29, 0.717) is 0 Å². The number of hydrogen-bond acceptors (Lipinski definition) is 5. The number of aliphatic imine (C=N–C) groups is 1. The van der Waals surface area contributed by atoms with Crippen LogP contribution in [0.15, 0.2) is 23.2 Å². The van der Waals surface area contributed by atoms with Gasteiger partial charge >= 0.3 is 0 Å². The van der Waals surface area contributed by atoms with Crippen LogP contribution in [0.3, 0.4) is 0 Å². The number of carbonyl (C=O) groups is 1. The number of fused-ring (bicyclic) bond motifs is 1. The highest BCUT2D eigenvalue weighted by Gasteiger charge is 2.06. The number of rotatable bonds is 2. The number of hydrogen-bond donors (Lipinski definition) is 2. The van der Waals surface area contributed by atoms with Gasteiger partial charge in [-0.3, -0.25) is 10.1 Å². The van der Waals surface area contributed by atoms with Gasteiger partial charge in [0, 0.05) is 12.3 Å². The van der Waals surface area contributed by atoms with E-state index < -0.39 is 0 Å². The van der Waals surface area contributed by atoms with E-state index in [4.69, 9.17) is 10.5 Å². The number of nitrogens with two attached hydrogens (primary N) is 1. The first-order chi connectivity index (χ1) is 9.49. The molecule has 2 rings (SSSR count). The molecule has 1 amide bonds. The third-order valence-corrected chi connectivity index (χ3v) is 2.61. The molecular weight excluding hydrogens is 258 g/mol. The molecule has 104 valence electrons. The van der Waals surface area contributed by atoms with Crippen LogP contribution in [0, 0.1) is 6.92 Å². The maximum atomic E-state index is 10.9. The van der Waals surface area contributed by atoms with E-state index in [-0.39, 0.29) is 17.8 Å². The minimum atomic E-state index is -0.298. The fraction of sp³-hybridized carbons (Fsp3) is 0.231. The Bertz CT molecular complexity index is 696. The Morgan fingerprint density at radius 2 is 2.15 bits per heavy atom. The molecule has 0 radical (unpaired) electrons. The van der Waals surface area contributed by atoms with E-state index in [1.807, 2.05) is 19.1 Å². The van der Waals surface area contributed by atoms with E-state index in [0.717, 1.165) is 22.3 Å². The summed E-state index contributed by atoms with van der Waals surface area (Å²) in [5.74, 6) is 0.600. The van der Waals surface area contributed by atoms with Gasteiger partial charge in [0.2, 0.25) is 11.9 Å². The van der Waals surface area contributed by atoms with E-state index in [1.54, 1.807) is 13.2 Å². The number of carbonyl (C=O) groups excluding carboxylic acids is 1. The first-order valence-corrected chi connectivity index (χ1v) is 5.93. The summed E-state index contributed by atoms with van der Waals surface area (Å²) >= 11 is 0. The lowest BCUT2D eigenvalue weighted by Crippen LogP contribution is -2.34. The van der Waals surface area contributed by atoms with E-state index in [9.17, 15) is 4.79 Å². The molecule has 0 saturated carbocycles. The van der Waals surface area contributed by atoms with Gasteiger partial charge in [-0.1, -0.05) is 0 Å². The predicted molar refractivity (Wildman–Crippen MR) is 75.9 cm³/mol. The normalized spacial score (nSPS) is 11.4. The highest BCUT2D eigenvalue weighted by molar-refractivity contribution is 5.96. The second-order valence-corrected chi connectivity index (χ2v) is 4.17. The molecule has 1 heterocycles. The molecule has 0 atom stereocenters. The van der Waals surface area contributed by atoms with Gasteiger partial charge in [0.05, 0.1) is 18.3 Å². The third kappa shape index (κ3) is 3.00. The molecule has 1 aromatic carbocycles. The highest BCUT2D eigenvalue weighted by atomic mass is 16.5. The number of nitrogens with one attached hydrogen (secondary N) is 1. The minimum absolute atomic E-state index is 0.0373. The van der Waals surface area contributed by atoms with E-state index >= 15 is 0 Å². The van der Waals surface area contributed by atoms with Crippen molar-refractivity contribution in [1.29, 1.82) is 0 Å². The number of methoxy groups -OCH3 is 1. The maximum absolute atomic E-state index is 10.9. The van der Waals surface area contributed by atoms with E-state index in [1.165, 1.54) is 6.92 Å². The largest absolute Gasteiger partial charge is 0.497 e. The summed E-state index contributed by atoms with van der Waals surface area (Å²) in [6.07, 6.45) is 0. The first kappa shape index (κ1) is 13.7. The van der Waals surface area contributed by atoms with Crippen molar-refractivity contribution in [2.75, 3.05) is 7.11 Å². The van der Waals surface area contributed by atoms with Crippen LogP contribution in [-0.2, 0) is 4.79 Å². The summed E-state index contributed by atoms with van der Waals surface area (Å²) in [6.45, 7) is 3.19. The van der Waals surface area contributed by atoms with Crippen LogP contribution in [0.25, 0.3) is 10.9 Å². The molecule has 0 spiro atoms. The van der Waals surface area contributed by atoms with Crippen LogP contribution in [0.2, 0.25) is 0 Å². The Morgan fingerprint density at radius 3 is 2.80 bits per heavy atom. The summed E-state index contributed by atoms with van der Waals surface area (Å²) < 4.78 is 5.17. The number of benzene rings is 1. The zero-order valence-electron chi connectivity index (χ0n) is 11.5. The molecule has 0 aliphatic rings. The van der Waals surface area contributed by atoms with Gasteiger partial charge in [-0.15, -0.1) is 0 Å². The monoisotopic (exact) mass is 273 g/mol. The van der Waals surface area contributed by atoms with Crippen LogP contribution in [0.1, 0.15) is 12.6 Å². The molecule has 0 bridgehead atoms. The molecule has 0 fully saturated rings. The Morgan fingerprint density at radius 1 is 1.40 bits per heavy atom. The Labute approximate surface area is 115 Å². The summed E-state index contributed by atoms with van der Waals surface area (Å²) in [5.41, 5.74) is 7.05. The van der Waals surface area contributed by atoms with Gasteiger partial charge in [0.15, 0.2) is 0 Å². The summed E-state index contributed by atoms with van der Waals surface area (Å²) in [5, 5.41) is 3.24. The average Bonchev–Trinajstić information content (AvgIpc) is 2.37. The van der Waals surface area contributed by atoms with Crippen molar-refractivity contribution in [3.05, 3.63) is 23.9 Å². The third-order valence-electron chi connectivity index (χ3n) is 2.61. The van der Waals surface area contributed by atoms with Gasteiger partial charge in [0.25, 0.3) is 5.95 Å². The molecule has 1 aromatic heterocycles. The number of aromatic nitrogens is 2. The molecule has 0 unspecified atom stereocenters. The van der Waals surface area contributed by atoms with Crippen molar-refractivity contribution in [3.63, 3.8) is 0 Å². The minimum Gasteiger partial charge on any atom is -0.497 e. The van der Waals surface area contributed by atoms with E-state index in [2.05, 4.69) is 20.3 Å². The smallest absolute Gasteiger partial charge is 0.253 e. The van der Waals surface area contributed by atoms with Crippen LogP contribution in [0.4, 0.5) is 5.95 Å². The summed E-state index contributed by atoms with van der Waals surface area (Å²) in [7, 11) is 1.60. The summed E-state index contributed by atoms with van der Waals surface area (Å²) in [6, 6.07) is 5.48. The quantitative estimate of drug-likeness (QED) is 0.628. The standard InChI is InChI=1S/C13H15N5O2/c1-7-10-6-9(20-3)4-5-11(10)17-13(15-7)18-12(14)16-8(2)19/h4-6H,1-3H3,(H3,14,15,16,17,18,19). The van der Waals surface area contributed by atoms with Crippen molar-refractivity contribution in [2.24, 2.45) is 10.7 Å². The fourth-order valence-electron chi connectivity index (χ4n) is 1.74. The Kier molecular flexibility index (Phi) is 3.79. The topological polar surface area (TPSA) is 102 Å².